The number of hydrogen-bond acceptors (Lipinski definition) is 3. The molecule has 2 N–H and O–H groups in total. The summed E-state index contributed by atoms with van der Waals surface area (Å²) in [4.78, 5) is 11.5. The second kappa shape index (κ2) is 4.26. The molecule has 0 spiro atoms. The number of esters is 1. The average molecular weight is 219 g/mol. The third-order valence-corrected chi connectivity index (χ3v) is 3.21. The van der Waals surface area contributed by atoms with E-state index in [-0.39, 0.29) is 11.5 Å². The first-order valence-corrected chi connectivity index (χ1v) is 5.60. The third kappa shape index (κ3) is 2.42. The van der Waals surface area contributed by atoms with Crippen molar-refractivity contribution in [1.29, 1.82) is 0 Å². The Morgan fingerprint density at radius 2 is 2.12 bits per heavy atom. The standard InChI is InChI=1S/C13H17NO2/c1-16-12(15)11-5-3-2-4-10(11)6-7-13(14)8-9-13/h2-5H,6-9,14H2,1H3. The van der Waals surface area contributed by atoms with Gasteiger partial charge in [-0.15, -0.1) is 0 Å². The Morgan fingerprint density at radius 3 is 2.75 bits per heavy atom. The van der Waals surface area contributed by atoms with Gasteiger partial charge in [0, 0.05) is 5.54 Å². The van der Waals surface area contributed by atoms with E-state index in [1.165, 1.54) is 7.11 Å². The number of methoxy groups -OCH3 is 1. The first-order valence-electron chi connectivity index (χ1n) is 5.60. The average Bonchev–Trinajstić information content (AvgIpc) is 3.05. The molecule has 0 unspecified atom stereocenters. The minimum absolute atomic E-state index is 0.0310. The predicted molar refractivity (Wildman–Crippen MR) is 62.3 cm³/mol. The molecule has 1 aromatic rings. The highest BCUT2D eigenvalue weighted by Gasteiger charge is 2.37. The molecule has 86 valence electrons. The van der Waals surface area contributed by atoms with Gasteiger partial charge in [-0.3, -0.25) is 0 Å². The Hall–Kier alpha value is -1.35. The number of carbonyl (C=O) groups excluding carboxylic acids is 1. The molecule has 1 saturated carbocycles. The molecule has 1 aromatic carbocycles. The van der Waals surface area contributed by atoms with Crippen LogP contribution in [0.2, 0.25) is 0 Å². The maximum Gasteiger partial charge on any atom is 0.338 e. The zero-order valence-electron chi connectivity index (χ0n) is 9.53. The van der Waals surface area contributed by atoms with Crippen LogP contribution in [0, 0.1) is 0 Å². The van der Waals surface area contributed by atoms with Crippen molar-refractivity contribution in [3.8, 4) is 0 Å². The second-order valence-electron chi connectivity index (χ2n) is 4.51. The van der Waals surface area contributed by atoms with Crippen molar-refractivity contribution in [2.75, 3.05) is 7.11 Å². The number of nitrogens with two attached hydrogens (primary N) is 1. The van der Waals surface area contributed by atoms with Crippen LogP contribution < -0.4 is 5.73 Å². The lowest BCUT2D eigenvalue weighted by Gasteiger charge is -2.10. The number of hydrogen-bond donors (Lipinski definition) is 1. The summed E-state index contributed by atoms with van der Waals surface area (Å²) in [6.07, 6.45) is 4.00. The van der Waals surface area contributed by atoms with Crippen molar-refractivity contribution < 1.29 is 9.53 Å². The molecule has 0 radical (unpaired) electrons. The van der Waals surface area contributed by atoms with E-state index in [2.05, 4.69) is 0 Å². The second-order valence-corrected chi connectivity index (χ2v) is 4.51. The molecule has 0 saturated heterocycles. The molecule has 2 rings (SSSR count). The molecular weight excluding hydrogens is 202 g/mol. The van der Waals surface area contributed by atoms with Gasteiger partial charge in [-0.1, -0.05) is 18.2 Å². The highest BCUT2D eigenvalue weighted by Crippen LogP contribution is 2.36. The van der Waals surface area contributed by atoms with Crippen LogP contribution in [0.1, 0.15) is 35.2 Å². The summed E-state index contributed by atoms with van der Waals surface area (Å²) >= 11 is 0. The highest BCUT2D eigenvalue weighted by atomic mass is 16.5. The maximum absolute atomic E-state index is 11.5. The van der Waals surface area contributed by atoms with Gasteiger partial charge >= 0.3 is 5.97 Å². The number of ether oxygens (including phenoxy) is 1. The summed E-state index contributed by atoms with van der Waals surface area (Å²) in [5.74, 6) is -0.266. The van der Waals surface area contributed by atoms with Gasteiger partial charge in [0.2, 0.25) is 0 Å². The van der Waals surface area contributed by atoms with Crippen molar-refractivity contribution in [3.63, 3.8) is 0 Å². The molecule has 3 nitrogen and oxygen atoms in total. The van der Waals surface area contributed by atoms with E-state index in [4.69, 9.17) is 10.5 Å². The largest absolute Gasteiger partial charge is 0.465 e. The fourth-order valence-corrected chi connectivity index (χ4v) is 1.84. The quantitative estimate of drug-likeness (QED) is 0.787. The van der Waals surface area contributed by atoms with Crippen molar-refractivity contribution >= 4 is 5.97 Å². The van der Waals surface area contributed by atoms with Gasteiger partial charge in [-0.05, 0) is 37.3 Å². The molecule has 0 bridgehead atoms. The highest BCUT2D eigenvalue weighted by molar-refractivity contribution is 5.90. The lowest BCUT2D eigenvalue weighted by atomic mass is 9.99. The zero-order valence-corrected chi connectivity index (χ0v) is 9.53. The minimum Gasteiger partial charge on any atom is -0.465 e. The summed E-state index contributed by atoms with van der Waals surface area (Å²) in [5.41, 5.74) is 7.76. The molecule has 0 heterocycles. The van der Waals surface area contributed by atoms with Gasteiger partial charge in [-0.25, -0.2) is 4.79 Å². The van der Waals surface area contributed by atoms with Gasteiger partial charge in [0.1, 0.15) is 0 Å². The van der Waals surface area contributed by atoms with E-state index in [0.29, 0.717) is 5.56 Å². The van der Waals surface area contributed by atoms with Gasteiger partial charge in [0.25, 0.3) is 0 Å². The van der Waals surface area contributed by atoms with Crippen LogP contribution in [0.4, 0.5) is 0 Å². The molecule has 1 fully saturated rings. The summed E-state index contributed by atoms with van der Waals surface area (Å²) in [7, 11) is 1.41. The fourth-order valence-electron chi connectivity index (χ4n) is 1.84. The van der Waals surface area contributed by atoms with Crippen LogP contribution in [0.3, 0.4) is 0 Å². The summed E-state index contributed by atoms with van der Waals surface area (Å²) in [5, 5.41) is 0. The number of benzene rings is 1. The lowest BCUT2D eigenvalue weighted by molar-refractivity contribution is 0.0599. The van der Waals surface area contributed by atoms with Crippen molar-refractivity contribution in [2.24, 2.45) is 5.73 Å². The van der Waals surface area contributed by atoms with Gasteiger partial charge in [0.15, 0.2) is 0 Å². The topological polar surface area (TPSA) is 52.3 Å². The SMILES string of the molecule is COC(=O)c1ccccc1CCC1(N)CC1. The Bertz CT molecular complexity index is 397. The van der Waals surface area contributed by atoms with E-state index in [9.17, 15) is 4.79 Å². The van der Waals surface area contributed by atoms with Gasteiger partial charge in [0.05, 0.1) is 12.7 Å². The molecule has 0 atom stereocenters. The smallest absolute Gasteiger partial charge is 0.338 e. The summed E-state index contributed by atoms with van der Waals surface area (Å²) in [6, 6.07) is 7.57. The van der Waals surface area contributed by atoms with Gasteiger partial charge in [-0.2, -0.15) is 0 Å². The van der Waals surface area contributed by atoms with Crippen LogP contribution in [-0.4, -0.2) is 18.6 Å². The Kier molecular flexibility index (Phi) is 2.97. The van der Waals surface area contributed by atoms with Crippen LogP contribution in [0.25, 0.3) is 0 Å². The number of aryl methyl sites for hydroxylation is 1. The van der Waals surface area contributed by atoms with Crippen molar-refractivity contribution in [1.82, 2.24) is 0 Å². The molecule has 1 aliphatic carbocycles. The van der Waals surface area contributed by atoms with Crippen LogP contribution >= 0.6 is 0 Å². The molecule has 16 heavy (non-hydrogen) atoms. The Morgan fingerprint density at radius 1 is 1.44 bits per heavy atom. The minimum atomic E-state index is -0.266. The third-order valence-electron chi connectivity index (χ3n) is 3.21. The predicted octanol–water partition coefficient (Wildman–Crippen LogP) is 1.90. The molecule has 0 aliphatic heterocycles. The van der Waals surface area contributed by atoms with Crippen LogP contribution in [-0.2, 0) is 11.2 Å². The van der Waals surface area contributed by atoms with E-state index in [1.54, 1.807) is 6.07 Å². The normalized spacial score (nSPS) is 16.9. The van der Waals surface area contributed by atoms with Crippen LogP contribution in [0.5, 0.6) is 0 Å². The number of carbonyl (C=O) groups is 1. The Labute approximate surface area is 95.6 Å². The first-order chi connectivity index (χ1) is 7.64. The molecule has 0 amide bonds. The number of rotatable bonds is 4. The molecular formula is C13H17NO2. The zero-order chi connectivity index (χ0) is 11.6. The summed E-state index contributed by atoms with van der Waals surface area (Å²) in [6.45, 7) is 0. The maximum atomic E-state index is 11.5. The van der Waals surface area contributed by atoms with Crippen molar-refractivity contribution in [3.05, 3.63) is 35.4 Å². The van der Waals surface area contributed by atoms with E-state index in [1.807, 2.05) is 18.2 Å². The first kappa shape index (κ1) is 11.1. The monoisotopic (exact) mass is 219 g/mol. The van der Waals surface area contributed by atoms with E-state index < -0.39 is 0 Å². The van der Waals surface area contributed by atoms with Crippen LogP contribution in [0.15, 0.2) is 24.3 Å². The lowest BCUT2D eigenvalue weighted by Crippen LogP contribution is -2.22. The van der Waals surface area contributed by atoms with Gasteiger partial charge < -0.3 is 10.5 Å². The summed E-state index contributed by atoms with van der Waals surface area (Å²) < 4.78 is 4.75. The van der Waals surface area contributed by atoms with E-state index in [0.717, 1.165) is 31.2 Å². The Balaban J connectivity index is 2.09. The molecule has 1 aliphatic rings. The molecule has 3 heteroatoms. The fraction of sp³-hybridized carbons (Fsp3) is 0.462. The van der Waals surface area contributed by atoms with E-state index >= 15 is 0 Å². The molecule has 0 aromatic heterocycles. The van der Waals surface area contributed by atoms with Crippen molar-refractivity contribution in [2.45, 2.75) is 31.2 Å².